The van der Waals surface area contributed by atoms with Crippen molar-refractivity contribution in [2.45, 2.75) is 50.7 Å². The van der Waals surface area contributed by atoms with E-state index in [0.29, 0.717) is 12.3 Å². The lowest BCUT2D eigenvalue weighted by Crippen LogP contribution is -2.50. The van der Waals surface area contributed by atoms with Gasteiger partial charge in [-0.25, -0.2) is 0 Å². The summed E-state index contributed by atoms with van der Waals surface area (Å²) in [5.41, 5.74) is 0.990. The summed E-state index contributed by atoms with van der Waals surface area (Å²) < 4.78 is 0.983. The molecule has 0 spiro atoms. The molecule has 0 saturated carbocycles. The first-order valence-electron chi connectivity index (χ1n) is 9.42. The quantitative estimate of drug-likeness (QED) is 0.540. The predicted octanol–water partition coefficient (Wildman–Crippen LogP) is 4.87. The lowest BCUT2D eigenvalue weighted by molar-refractivity contribution is -0.138. The van der Waals surface area contributed by atoms with Gasteiger partial charge in [-0.15, -0.1) is 11.8 Å². The van der Waals surface area contributed by atoms with Gasteiger partial charge in [-0.3, -0.25) is 9.59 Å². The molecule has 0 aliphatic rings. The van der Waals surface area contributed by atoms with E-state index in [2.05, 4.69) is 21.2 Å². The molecular weight excluding hydrogens is 436 g/mol. The average molecular weight is 463 g/mol. The molecule has 0 heterocycles. The van der Waals surface area contributed by atoms with E-state index in [9.17, 15) is 9.59 Å². The second-order valence-electron chi connectivity index (χ2n) is 6.74. The fourth-order valence-corrected chi connectivity index (χ4v) is 3.65. The van der Waals surface area contributed by atoms with Crippen LogP contribution in [0, 0.1) is 0 Å². The number of carbonyl (C=O) groups is 2. The smallest absolute Gasteiger partial charge is 0.242 e. The van der Waals surface area contributed by atoms with E-state index in [1.807, 2.05) is 68.4 Å². The van der Waals surface area contributed by atoms with E-state index in [4.69, 9.17) is 0 Å². The van der Waals surface area contributed by atoms with E-state index in [0.717, 1.165) is 21.4 Å². The first-order valence-corrected chi connectivity index (χ1v) is 11.2. The van der Waals surface area contributed by atoms with Gasteiger partial charge in [-0.2, -0.15) is 0 Å². The second kappa shape index (κ2) is 11.3. The van der Waals surface area contributed by atoms with Crippen molar-refractivity contribution >= 4 is 39.5 Å². The van der Waals surface area contributed by atoms with E-state index >= 15 is 0 Å². The maximum absolute atomic E-state index is 13.0. The van der Waals surface area contributed by atoms with Crippen LogP contribution in [-0.4, -0.2) is 34.6 Å². The molecule has 2 aromatic rings. The van der Waals surface area contributed by atoms with Crippen LogP contribution in [0.15, 0.2) is 64.0 Å². The third kappa shape index (κ3) is 6.99. The van der Waals surface area contributed by atoms with Crippen LogP contribution in [0.2, 0.25) is 0 Å². The Morgan fingerprint density at radius 3 is 2.32 bits per heavy atom. The molecule has 4 nitrogen and oxygen atoms in total. The Morgan fingerprint density at radius 1 is 1.07 bits per heavy atom. The molecule has 6 heteroatoms. The number of amides is 2. The van der Waals surface area contributed by atoms with Crippen molar-refractivity contribution in [2.24, 2.45) is 0 Å². The Bertz CT molecular complexity index is 768. The monoisotopic (exact) mass is 462 g/mol. The van der Waals surface area contributed by atoms with Crippen LogP contribution in [0.5, 0.6) is 0 Å². The minimum absolute atomic E-state index is 0.0522. The molecule has 0 fully saturated rings. The molecule has 28 heavy (non-hydrogen) atoms. The Balaban J connectivity index is 2.12. The van der Waals surface area contributed by atoms with Crippen LogP contribution in [0.1, 0.15) is 32.8 Å². The van der Waals surface area contributed by atoms with Crippen molar-refractivity contribution in [1.82, 2.24) is 10.2 Å². The summed E-state index contributed by atoms with van der Waals surface area (Å²) >= 11 is 4.92. The van der Waals surface area contributed by atoms with Gasteiger partial charge in [0, 0.05) is 22.0 Å². The highest BCUT2D eigenvalue weighted by atomic mass is 79.9. The molecule has 150 valence electrons. The van der Waals surface area contributed by atoms with Gasteiger partial charge in [0.05, 0.1) is 5.75 Å². The molecule has 0 aliphatic carbocycles. The number of hydrogen-bond acceptors (Lipinski definition) is 3. The van der Waals surface area contributed by atoms with Gasteiger partial charge in [-0.05, 0) is 50.1 Å². The number of nitrogens with one attached hydrogen (secondary N) is 1. The Morgan fingerprint density at radius 2 is 1.71 bits per heavy atom. The fourth-order valence-electron chi connectivity index (χ4n) is 2.58. The summed E-state index contributed by atoms with van der Waals surface area (Å²) in [6.07, 6.45) is 0.850. The number of carbonyl (C=O) groups excluding carboxylic acids is 2. The fraction of sp³-hybridized carbons (Fsp3) is 0.364. The van der Waals surface area contributed by atoms with E-state index in [1.54, 1.807) is 11.8 Å². The summed E-state index contributed by atoms with van der Waals surface area (Å²) in [6, 6.07) is 17.2. The summed E-state index contributed by atoms with van der Waals surface area (Å²) in [5, 5.41) is 2.99. The molecule has 2 amide bonds. The molecule has 2 atom stereocenters. The first-order chi connectivity index (χ1) is 13.4. The summed E-state index contributed by atoms with van der Waals surface area (Å²) in [5.74, 6) is 0.120. The number of rotatable bonds is 9. The van der Waals surface area contributed by atoms with Crippen LogP contribution in [0.4, 0.5) is 0 Å². The highest BCUT2D eigenvalue weighted by Crippen LogP contribution is 2.20. The first kappa shape index (κ1) is 22.5. The van der Waals surface area contributed by atoms with Gasteiger partial charge in [0.1, 0.15) is 6.04 Å². The molecule has 0 aromatic heterocycles. The van der Waals surface area contributed by atoms with Crippen molar-refractivity contribution < 1.29 is 9.59 Å². The van der Waals surface area contributed by atoms with Gasteiger partial charge in [-0.1, -0.05) is 53.2 Å². The molecule has 0 radical (unpaired) electrons. The van der Waals surface area contributed by atoms with E-state index in [-0.39, 0.29) is 17.9 Å². The molecule has 1 N–H and O–H groups in total. The Kier molecular flexibility index (Phi) is 9.06. The minimum Gasteiger partial charge on any atom is -0.352 e. The van der Waals surface area contributed by atoms with E-state index < -0.39 is 6.04 Å². The standard InChI is InChI=1S/C22H27BrN2O2S/c1-4-16(2)24-22(27)17(3)25(14-18-10-12-19(23)13-11-18)21(26)15-28-20-8-6-5-7-9-20/h5-13,16-17H,4,14-15H2,1-3H3,(H,24,27)/t16-,17+/m0/s1. The van der Waals surface area contributed by atoms with Gasteiger partial charge in [0.2, 0.25) is 11.8 Å². The molecule has 0 aliphatic heterocycles. The lowest BCUT2D eigenvalue weighted by atomic mass is 10.1. The largest absolute Gasteiger partial charge is 0.352 e. The highest BCUT2D eigenvalue weighted by Gasteiger charge is 2.26. The molecule has 0 saturated heterocycles. The lowest BCUT2D eigenvalue weighted by Gasteiger charge is -2.29. The highest BCUT2D eigenvalue weighted by molar-refractivity contribution is 9.10. The number of thioether (sulfide) groups is 1. The van der Waals surface area contributed by atoms with Gasteiger partial charge in [0.15, 0.2) is 0 Å². The minimum atomic E-state index is -0.540. The van der Waals surface area contributed by atoms with Crippen LogP contribution in [0.25, 0.3) is 0 Å². The molecule has 2 rings (SSSR count). The third-order valence-corrected chi connectivity index (χ3v) is 6.07. The second-order valence-corrected chi connectivity index (χ2v) is 8.71. The summed E-state index contributed by atoms with van der Waals surface area (Å²) in [4.78, 5) is 28.4. The van der Waals surface area contributed by atoms with Gasteiger partial charge in [0.25, 0.3) is 0 Å². The number of halogens is 1. The molecule has 0 bridgehead atoms. The maximum Gasteiger partial charge on any atom is 0.242 e. The normalized spacial score (nSPS) is 12.9. The SMILES string of the molecule is CC[C@H](C)NC(=O)[C@@H](C)N(Cc1ccc(Br)cc1)C(=O)CSc1ccccc1. The molecule has 0 unspecified atom stereocenters. The van der Waals surface area contributed by atoms with Crippen LogP contribution < -0.4 is 5.32 Å². The van der Waals surface area contributed by atoms with Crippen LogP contribution >= 0.6 is 27.7 Å². The number of benzene rings is 2. The zero-order valence-electron chi connectivity index (χ0n) is 16.5. The van der Waals surface area contributed by atoms with E-state index in [1.165, 1.54) is 11.8 Å². The van der Waals surface area contributed by atoms with Crippen molar-refractivity contribution in [2.75, 3.05) is 5.75 Å². The van der Waals surface area contributed by atoms with Crippen molar-refractivity contribution in [1.29, 1.82) is 0 Å². The summed E-state index contributed by atoms with van der Waals surface area (Å²) in [6.45, 7) is 6.19. The topological polar surface area (TPSA) is 49.4 Å². The van der Waals surface area contributed by atoms with Crippen molar-refractivity contribution in [3.05, 3.63) is 64.6 Å². The Hall–Kier alpha value is -1.79. The van der Waals surface area contributed by atoms with Crippen LogP contribution in [0.3, 0.4) is 0 Å². The zero-order chi connectivity index (χ0) is 20.5. The Labute approximate surface area is 180 Å². The van der Waals surface area contributed by atoms with Gasteiger partial charge < -0.3 is 10.2 Å². The zero-order valence-corrected chi connectivity index (χ0v) is 18.9. The van der Waals surface area contributed by atoms with Crippen molar-refractivity contribution in [3.8, 4) is 0 Å². The number of nitrogens with zero attached hydrogens (tertiary/aromatic N) is 1. The van der Waals surface area contributed by atoms with Gasteiger partial charge >= 0.3 is 0 Å². The summed E-state index contributed by atoms with van der Waals surface area (Å²) in [7, 11) is 0. The van der Waals surface area contributed by atoms with Crippen LogP contribution in [-0.2, 0) is 16.1 Å². The third-order valence-electron chi connectivity index (χ3n) is 4.54. The predicted molar refractivity (Wildman–Crippen MR) is 119 cm³/mol. The average Bonchev–Trinajstić information content (AvgIpc) is 2.71. The maximum atomic E-state index is 13.0. The van der Waals surface area contributed by atoms with Crippen molar-refractivity contribution in [3.63, 3.8) is 0 Å². The molecular formula is C22H27BrN2O2S. The molecule has 2 aromatic carbocycles. The number of hydrogen-bond donors (Lipinski definition) is 1.